The lowest BCUT2D eigenvalue weighted by Crippen LogP contribution is -2.37. The number of nitrogens with zero attached hydrogens (tertiary/aromatic N) is 2. The molecule has 2 atom stereocenters. The number of methoxy groups -OCH3 is 1. The summed E-state index contributed by atoms with van der Waals surface area (Å²) in [6, 6.07) is 14.6. The summed E-state index contributed by atoms with van der Waals surface area (Å²) >= 11 is 3.48. The molecule has 196 valence electrons. The summed E-state index contributed by atoms with van der Waals surface area (Å²) in [7, 11) is 5.19. The van der Waals surface area contributed by atoms with Crippen molar-refractivity contribution in [3.05, 3.63) is 88.3 Å². The van der Waals surface area contributed by atoms with Gasteiger partial charge in [0.25, 0.3) is 0 Å². The molecular formula is C27H26BrF3N2O4. The van der Waals surface area contributed by atoms with Crippen molar-refractivity contribution in [3.8, 4) is 11.6 Å². The highest BCUT2D eigenvalue weighted by molar-refractivity contribution is 9.10. The third kappa shape index (κ3) is 6.08. The van der Waals surface area contributed by atoms with E-state index in [1.165, 1.54) is 37.8 Å². The van der Waals surface area contributed by atoms with Crippen LogP contribution in [0, 0.1) is 0 Å². The van der Waals surface area contributed by atoms with Gasteiger partial charge in [-0.3, -0.25) is 0 Å². The van der Waals surface area contributed by atoms with Crippen molar-refractivity contribution in [2.75, 3.05) is 27.7 Å². The van der Waals surface area contributed by atoms with Crippen molar-refractivity contribution in [1.29, 1.82) is 0 Å². The fraction of sp³-hybridized carbons (Fsp3) is 0.296. The smallest absolute Gasteiger partial charge is 0.481 e. The second-order valence-electron chi connectivity index (χ2n) is 8.97. The van der Waals surface area contributed by atoms with Crippen molar-refractivity contribution in [2.24, 2.45) is 0 Å². The molecule has 0 aliphatic heterocycles. The third-order valence-corrected chi connectivity index (χ3v) is 6.63. The van der Waals surface area contributed by atoms with Crippen LogP contribution >= 0.6 is 15.9 Å². The van der Waals surface area contributed by atoms with E-state index in [4.69, 9.17) is 9.15 Å². The summed E-state index contributed by atoms with van der Waals surface area (Å²) in [5, 5.41) is 13.3. The number of halogens is 4. The normalized spacial score (nSPS) is 14.5. The lowest BCUT2D eigenvalue weighted by atomic mass is 9.72. The van der Waals surface area contributed by atoms with Gasteiger partial charge < -0.3 is 23.9 Å². The van der Waals surface area contributed by atoms with Crippen molar-refractivity contribution in [2.45, 2.75) is 24.3 Å². The Bertz CT molecular complexity index is 1360. The fourth-order valence-electron chi connectivity index (χ4n) is 4.48. The van der Waals surface area contributed by atoms with Gasteiger partial charge in [0.15, 0.2) is 0 Å². The Kier molecular flexibility index (Phi) is 7.82. The van der Waals surface area contributed by atoms with Crippen LogP contribution in [0.15, 0.2) is 76.0 Å². The highest BCUT2D eigenvalue weighted by Crippen LogP contribution is 2.48. The lowest BCUT2D eigenvalue weighted by Gasteiger charge is -2.38. The van der Waals surface area contributed by atoms with Crippen molar-refractivity contribution in [3.63, 3.8) is 0 Å². The standard InChI is InChI=1S/C27H26BrF3N2O4/c1-33(2)11-10-26(34,19-5-4-6-21(15-19)37-27(29,30)31)24(17-9-12-36-16-17)22-14-18-13-20(28)7-8-23(18)32-25(22)35-3/h4-9,12-16,24,34H,10-11H2,1-3H3. The number of fused-ring (bicyclic) bond motifs is 1. The molecule has 2 aromatic carbocycles. The SMILES string of the molecule is COc1nc2ccc(Br)cc2cc1C(c1ccoc1)C(O)(CCN(C)C)c1cccc(OC(F)(F)F)c1. The molecule has 0 fully saturated rings. The van der Waals surface area contributed by atoms with Gasteiger partial charge in [-0.2, -0.15) is 0 Å². The Balaban J connectivity index is 1.97. The van der Waals surface area contributed by atoms with Crippen molar-refractivity contribution < 1.29 is 32.2 Å². The van der Waals surface area contributed by atoms with E-state index < -0.39 is 23.6 Å². The molecule has 0 aliphatic carbocycles. The van der Waals surface area contributed by atoms with E-state index >= 15 is 0 Å². The maximum atomic E-state index is 13.0. The molecule has 0 aliphatic rings. The van der Waals surface area contributed by atoms with E-state index in [0.29, 0.717) is 23.2 Å². The predicted molar refractivity (Wildman–Crippen MR) is 137 cm³/mol. The van der Waals surface area contributed by atoms with E-state index in [1.807, 2.05) is 43.3 Å². The zero-order chi connectivity index (χ0) is 26.8. The molecule has 0 saturated carbocycles. The van der Waals surface area contributed by atoms with E-state index in [2.05, 4.69) is 25.7 Å². The molecule has 37 heavy (non-hydrogen) atoms. The summed E-state index contributed by atoms with van der Waals surface area (Å²) < 4.78 is 55.1. The number of hydrogen-bond acceptors (Lipinski definition) is 6. The predicted octanol–water partition coefficient (Wildman–Crippen LogP) is 6.47. The average Bonchev–Trinajstić information content (AvgIpc) is 3.35. The van der Waals surface area contributed by atoms with Gasteiger partial charge in [0.2, 0.25) is 5.88 Å². The summed E-state index contributed by atoms with van der Waals surface area (Å²) in [5.74, 6) is -0.947. The zero-order valence-electron chi connectivity index (χ0n) is 20.4. The van der Waals surface area contributed by atoms with Crippen LogP contribution in [0.1, 0.15) is 29.0 Å². The van der Waals surface area contributed by atoms with Crippen LogP contribution in [0.25, 0.3) is 10.9 Å². The summed E-state index contributed by atoms with van der Waals surface area (Å²) in [5.41, 5.74) is 0.398. The lowest BCUT2D eigenvalue weighted by molar-refractivity contribution is -0.274. The first kappa shape index (κ1) is 27.0. The van der Waals surface area contributed by atoms with Crippen LogP contribution in [0.4, 0.5) is 13.2 Å². The summed E-state index contributed by atoms with van der Waals surface area (Å²) in [4.78, 5) is 6.55. The molecule has 2 aromatic heterocycles. The van der Waals surface area contributed by atoms with Crippen LogP contribution < -0.4 is 9.47 Å². The maximum Gasteiger partial charge on any atom is 0.573 e. The van der Waals surface area contributed by atoms with E-state index in [-0.39, 0.29) is 17.9 Å². The first-order chi connectivity index (χ1) is 17.5. The number of ether oxygens (including phenoxy) is 2. The molecular weight excluding hydrogens is 553 g/mol. The molecule has 2 unspecified atom stereocenters. The van der Waals surface area contributed by atoms with Crippen LogP contribution in [0.2, 0.25) is 0 Å². The summed E-state index contributed by atoms with van der Waals surface area (Å²) in [6.07, 6.45) is -1.71. The Labute approximate surface area is 220 Å². The minimum absolute atomic E-state index is 0.172. The van der Waals surface area contributed by atoms with Crippen LogP contribution in [0.5, 0.6) is 11.6 Å². The fourth-order valence-corrected chi connectivity index (χ4v) is 4.86. The highest BCUT2D eigenvalue weighted by Gasteiger charge is 2.43. The van der Waals surface area contributed by atoms with Crippen LogP contribution in [0.3, 0.4) is 0 Å². The Morgan fingerprint density at radius 2 is 1.89 bits per heavy atom. The molecule has 0 spiro atoms. The molecule has 0 bridgehead atoms. The minimum Gasteiger partial charge on any atom is -0.481 e. The van der Waals surface area contributed by atoms with E-state index in [1.54, 1.807) is 12.1 Å². The van der Waals surface area contributed by atoms with E-state index in [0.717, 1.165) is 9.86 Å². The summed E-state index contributed by atoms with van der Waals surface area (Å²) in [6.45, 7) is 0.435. The molecule has 0 amide bonds. The van der Waals surface area contributed by atoms with Crippen molar-refractivity contribution >= 4 is 26.8 Å². The second kappa shape index (κ2) is 10.7. The van der Waals surface area contributed by atoms with Gasteiger partial charge in [-0.05, 0) is 68.5 Å². The number of benzene rings is 2. The number of aliphatic hydroxyl groups is 1. The van der Waals surface area contributed by atoms with Crippen molar-refractivity contribution in [1.82, 2.24) is 9.88 Å². The van der Waals surface area contributed by atoms with Gasteiger partial charge in [-0.15, -0.1) is 13.2 Å². The molecule has 4 aromatic rings. The van der Waals surface area contributed by atoms with Crippen LogP contribution in [-0.2, 0) is 5.60 Å². The molecule has 0 radical (unpaired) electrons. The van der Waals surface area contributed by atoms with Gasteiger partial charge in [0, 0.05) is 27.5 Å². The first-order valence-corrected chi connectivity index (χ1v) is 12.2. The number of pyridine rings is 1. The highest BCUT2D eigenvalue weighted by atomic mass is 79.9. The van der Waals surface area contributed by atoms with E-state index in [9.17, 15) is 18.3 Å². The van der Waals surface area contributed by atoms with Gasteiger partial charge in [-0.1, -0.05) is 28.1 Å². The number of aromatic nitrogens is 1. The number of rotatable bonds is 9. The number of alkyl halides is 3. The molecule has 10 heteroatoms. The average molecular weight is 579 g/mol. The third-order valence-electron chi connectivity index (χ3n) is 6.14. The molecule has 4 rings (SSSR count). The minimum atomic E-state index is -4.87. The monoisotopic (exact) mass is 578 g/mol. The second-order valence-corrected chi connectivity index (χ2v) is 9.88. The quantitative estimate of drug-likeness (QED) is 0.245. The Morgan fingerprint density at radius 3 is 2.54 bits per heavy atom. The molecule has 2 heterocycles. The zero-order valence-corrected chi connectivity index (χ0v) is 22.0. The Morgan fingerprint density at radius 1 is 1.11 bits per heavy atom. The van der Waals surface area contributed by atoms with Gasteiger partial charge in [0.1, 0.15) is 11.4 Å². The van der Waals surface area contributed by atoms with Gasteiger partial charge in [0.05, 0.1) is 31.1 Å². The number of furan rings is 1. The topological polar surface area (TPSA) is 68.0 Å². The number of hydrogen-bond donors (Lipinski definition) is 1. The molecule has 6 nitrogen and oxygen atoms in total. The largest absolute Gasteiger partial charge is 0.573 e. The molecule has 0 saturated heterocycles. The van der Waals surface area contributed by atoms with Crippen LogP contribution in [-0.4, -0.2) is 49.1 Å². The Hall–Kier alpha value is -3.08. The van der Waals surface area contributed by atoms with Gasteiger partial charge in [-0.25, -0.2) is 4.98 Å². The first-order valence-electron chi connectivity index (χ1n) is 11.4. The van der Waals surface area contributed by atoms with Gasteiger partial charge >= 0.3 is 6.36 Å². The molecule has 1 N–H and O–H groups in total. The maximum absolute atomic E-state index is 13.0.